The van der Waals surface area contributed by atoms with Crippen LogP contribution in [0.3, 0.4) is 0 Å². The van der Waals surface area contributed by atoms with Gasteiger partial charge >= 0.3 is 12.1 Å². The van der Waals surface area contributed by atoms with E-state index in [4.69, 9.17) is 5.11 Å². The number of carboxylic acid groups (broad SMARTS) is 1. The molecule has 0 aliphatic carbocycles. The summed E-state index contributed by atoms with van der Waals surface area (Å²) in [5.74, 6) is -2.30. The van der Waals surface area contributed by atoms with Crippen LogP contribution in [0.1, 0.15) is 20.3 Å². The predicted molar refractivity (Wildman–Crippen MR) is 58.0 cm³/mol. The van der Waals surface area contributed by atoms with Crippen molar-refractivity contribution in [2.24, 2.45) is 0 Å². The van der Waals surface area contributed by atoms with Crippen molar-refractivity contribution < 1.29 is 27.9 Å². The number of aliphatic carboxylic acids is 1. The van der Waals surface area contributed by atoms with Gasteiger partial charge in [0, 0.05) is 12.5 Å². The van der Waals surface area contributed by atoms with E-state index in [1.165, 1.54) is 0 Å². The van der Waals surface area contributed by atoms with E-state index in [0.717, 1.165) is 0 Å². The van der Waals surface area contributed by atoms with Gasteiger partial charge in [0.1, 0.15) is 13.1 Å². The van der Waals surface area contributed by atoms with Crippen molar-refractivity contribution in [1.82, 2.24) is 10.2 Å². The van der Waals surface area contributed by atoms with Gasteiger partial charge in [-0.1, -0.05) is 6.92 Å². The standard InChI is InChI=1S/C10H17F3N2O3/c1-3-14-7(2)4-8(16)15(5-9(17)18)6-10(11,12)13/h7,14H,3-6H2,1-2H3,(H,17,18). The van der Waals surface area contributed by atoms with Gasteiger partial charge in [-0.25, -0.2) is 0 Å². The minimum Gasteiger partial charge on any atom is -0.480 e. The molecular weight excluding hydrogens is 253 g/mol. The number of carbonyl (C=O) groups excluding carboxylic acids is 1. The molecule has 2 N–H and O–H groups in total. The van der Waals surface area contributed by atoms with E-state index in [1.807, 2.05) is 0 Å². The molecule has 0 aliphatic rings. The smallest absolute Gasteiger partial charge is 0.406 e. The Balaban J connectivity index is 4.54. The molecule has 1 atom stereocenters. The Morgan fingerprint density at radius 1 is 1.39 bits per heavy atom. The number of rotatable bonds is 7. The van der Waals surface area contributed by atoms with Gasteiger partial charge in [-0.15, -0.1) is 0 Å². The van der Waals surface area contributed by atoms with Crippen LogP contribution in [-0.4, -0.2) is 53.7 Å². The molecule has 1 amide bonds. The zero-order chi connectivity index (χ0) is 14.3. The number of amides is 1. The second kappa shape index (κ2) is 7.20. The summed E-state index contributed by atoms with van der Waals surface area (Å²) in [4.78, 5) is 22.3. The monoisotopic (exact) mass is 270 g/mol. The molecule has 8 heteroatoms. The Morgan fingerprint density at radius 2 is 1.94 bits per heavy atom. The van der Waals surface area contributed by atoms with Crippen LogP contribution in [0.2, 0.25) is 0 Å². The highest BCUT2D eigenvalue weighted by atomic mass is 19.4. The lowest BCUT2D eigenvalue weighted by Crippen LogP contribution is -2.44. The van der Waals surface area contributed by atoms with Crippen LogP contribution < -0.4 is 5.32 Å². The number of carboxylic acids is 1. The third kappa shape index (κ3) is 7.88. The van der Waals surface area contributed by atoms with E-state index < -0.39 is 31.1 Å². The third-order valence-electron chi connectivity index (χ3n) is 2.08. The maximum Gasteiger partial charge on any atom is 0.406 e. The summed E-state index contributed by atoms with van der Waals surface area (Å²) in [7, 11) is 0. The molecule has 0 bridgehead atoms. The van der Waals surface area contributed by atoms with Crippen molar-refractivity contribution in [1.29, 1.82) is 0 Å². The van der Waals surface area contributed by atoms with Crippen LogP contribution in [0.25, 0.3) is 0 Å². The van der Waals surface area contributed by atoms with E-state index in [2.05, 4.69) is 5.32 Å². The first-order valence-corrected chi connectivity index (χ1v) is 5.45. The molecule has 0 aromatic carbocycles. The van der Waals surface area contributed by atoms with E-state index in [-0.39, 0.29) is 12.5 Å². The lowest BCUT2D eigenvalue weighted by molar-refractivity contribution is -0.166. The van der Waals surface area contributed by atoms with Gasteiger partial charge in [-0.3, -0.25) is 9.59 Å². The molecule has 5 nitrogen and oxygen atoms in total. The van der Waals surface area contributed by atoms with Crippen molar-refractivity contribution >= 4 is 11.9 Å². The molecular formula is C10H17F3N2O3. The summed E-state index contributed by atoms with van der Waals surface area (Å²) in [6.07, 6.45) is -4.77. The van der Waals surface area contributed by atoms with Crippen molar-refractivity contribution in [3.63, 3.8) is 0 Å². The Labute approximate surface area is 103 Å². The summed E-state index contributed by atoms with van der Waals surface area (Å²) in [6.45, 7) is 1.53. The topological polar surface area (TPSA) is 69.6 Å². The van der Waals surface area contributed by atoms with E-state index in [9.17, 15) is 22.8 Å². The van der Waals surface area contributed by atoms with Gasteiger partial charge in [0.2, 0.25) is 5.91 Å². The Kier molecular flexibility index (Phi) is 6.67. The maximum atomic E-state index is 12.2. The number of nitrogens with zero attached hydrogens (tertiary/aromatic N) is 1. The number of nitrogens with one attached hydrogen (secondary N) is 1. The predicted octanol–water partition coefficient (Wildman–Crippen LogP) is 0.850. The zero-order valence-corrected chi connectivity index (χ0v) is 10.3. The number of hydrogen-bond donors (Lipinski definition) is 2. The highest BCUT2D eigenvalue weighted by molar-refractivity contribution is 5.81. The molecule has 0 saturated heterocycles. The van der Waals surface area contributed by atoms with E-state index in [0.29, 0.717) is 11.4 Å². The van der Waals surface area contributed by atoms with Crippen LogP contribution >= 0.6 is 0 Å². The SMILES string of the molecule is CCNC(C)CC(=O)N(CC(=O)O)CC(F)(F)F. The second-order valence-corrected chi connectivity index (χ2v) is 3.92. The largest absolute Gasteiger partial charge is 0.480 e. The molecule has 0 aromatic rings. The molecule has 0 radical (unpaired) electrons. The number of hydrogen-bond acceptors (Lipinski definition) is 3. The lowest BCUT2D eigenvalue weighted by Gasteiger charge is -2.23. The first-order chi connectivity index (χ1) is 8.15. The van der Waals surface area contributed by atoms with E-state index in [1.54, 1.807) is 13.8 Å². The fourth-order valence-corrected chi connectivity index (χ4v) is 1.42. The van der Waals surface area contributed by atoms with Gasteiger partial charge in [0.15, 0.2) is 0 Å². The van der Waals surface area contributed by atoms with Gasteiger partial charge < -0.3 is 15.3 Å². The van der Waals surface area contributed by atoms with E-state index >= 15 is 0 Å². The molecule has 0 aliphatic heterocycles. The van der Waals surface area contributed by atoms with Gasteiger partial charge in [-0.2, -0.15) is 13.2 Å². The maximum absolute atomic E-state index is 12.2. The molecule has 1 unspecified atom stereocenters. The van der Waals surface area contributed by atoms with Crippen LogP contribution in [0.15, 0.2) is 0 Å². The summed E-state index contributed by atoms with van der Waals surface area (Å²) in [5.41, 5.74) is 0. The highest BCUT2D eigenvalue weighted by Crippen LogP contribution is 2.17. The van der Waals surface area contributed by atoms with Crippen molar-refractivity contribution in [3.8, 4) is 0 Å². The Bertz CT molecular complexity index is 295. The van der Waals surface area contributed by atoms with Crippen LogP contribution in [0.5, 0.6) is 0 Å². The summed E-state index contributed by atoms with van der Waals surface area (Å²) in [6, 6.07) is -0.299. The highest BCUT2D eigenvalue weighted by Gasteiger charge is 2.34. The van der Waals surface area contributed by atoms with Crippen molar-refractivity contribution in [3.05, 3.63) is 0 Å². The summed E-state index contributed by atoms with van der Waals surface area (Å²) in [5, 5.41) is 11.4. The van der Waals surface area contributed by atoms with Gasteiger partial charge in [0.25, 0.3) is 0 Å². The third-order valence-corrected chi connectivity index (χ3v) is 2.08. The van der Waals surface area contributed by atoms with Crippen LogP contribution in [-0.2, 0) is 9.59 Å². The molecule has 18 heavy (non-hydrogen) atoms. The molecule has 0 rings (SSSR count). The van der Waals surface area contributed by atoms with Crippen LogP contribution in [0, 0.1) is 0 Å². The molecule has 106 valence electrons. The quantitative estimate of drug-likeness (QED) is 0.719. The average molecular weight is 270 g/mol. The lowest BCUT2D eigenvalue weighted by atomic mass is 10.2. The minimum absolute atomic E-state index is 0.169. The van der Waals surface area contributed by atoms with Gasteiger partial charge in [-0.05, 0) is 13.5 Å². The first kappa shape index (κ1) is 16.7. The van der Waals surface area contributed by atoms with Crippen LogP contribution in [0.4, 0.5) is 13.2 Å². The normalized spacial score (nSPS) is 13.2. The van der Waals surface area contributed by atoms with Crippen molar-refractivity contribution in [2.45, 2.75) is 32.5 Å². The molecule has 0 heterocycles. The van der Waals surface area contributed by atoms with Gasteiger partial charge in [0.05, 0.1) is 0 Å². The number of alkyl halides is 3. The molecule has 0 fully saturated rings. The number of halogens is 3. The molecule has 0 saturated carbocycles. The summed E-state index contributed by atoms with van der Waals surface area (Å²) >= 11 is 0. The summed E-state index contributed by atoms with van der Waals surface area (Å²) < 4.78 is 36.6. The molecule has 0 aromatic heterocycles. The zero-order valence-electron chi connectivity index (χ0n) is 10.3. The van der Waals surface area contributed by atoms with Crippen molar-refractivity contribution in [2.75, 3.05) is 19.6 Å². The first-order valence-electron chi connectivity index (χ1n) is 5.45. The fourth-order valence-electron chi connectivity index (χ4n) is 1.42. The fraction of sp³-hybridized carbons (Fsp3) is 0.800. The second-order valence-electron chi connectivity index (χ2n) is 3.92. The molecule has 0 spiro atoms. The Morgan fingerprint density at radius 3 is 2.33 bits per heavy atom. The number of carbonyl (C=O) groups is 2. The Hall–Kier alpha value is -1.31. The minimum atomic E-state index is -4.60. The average Bonchev–Trinajstić information content (AvgIpc) is 2.13.